The summed E-state index contributed by atoms with van der Waals surface area (Å²) in [5.74, 6) is 1.63. The Morgan fingerprint density at radius 3 is 2.37 bits per heavy atom. The summed E-state index contributed by atoms with van der Waals surface area (Å²) in [4.78, 5) is 0. The van der Waals surface area contributed by atoms with Gasteiger partial charge < -0.3 is 10.1 Å². The van der Waals surface area contributed by atoms with Gasteiger partial charge in [-0.2, -0.15) is 0 Å². The highest BCUT2D eigenvalue weighted by Gasteiger charge is 2.04. The highest BCUT2D eigenvalue weighted by atomic mass is 16.5. The molecule has 0 fully saturated rings. The molecule has 2 unspecified atom stereocenters. The molecule has 0 aromatic heterocycles. The quantitative estimate of drug-likeness (QED) is 0.726. The lowest BCUT2D eigenvalue weighted by molar-refractivity contribution is 0.251. The first-order valence-electron chi connectivity index (χ1n) is 7.60. The monoisotopic (exact) mass is 263 g/mol. The number of rotatable bonds is 9. The third kappa shape index (κ3) is 6.63. The van der Waals surface area contributed by atoms with Gasteiger partial charge in [0.2, 0.25) is 0 Å². The van der Waals surface area contributed by atoms with Gasteiger partial charge in [0.05, 0.1) is 6.61 Å². The second-order valence-electron chi connectivity index (χ2n) is 5.51. The third-order valence-corrected chi connectivity index (χ3v) is 3.33. The Hall–Kier alpha value is -1.02. The van der Waals surface area contributed by atoms with Gasteiger partial charge >= 0.3 is 0 Å². The first-order chi connectivity index (χ1) is 9.15. The zero-order valence-corrected chi connectivity index (χ0v) is 12.9. The van der Waals surface area contributed by atoms with Crippen LogP contribution in [-0.4, -0.2) is 19.2 Å². The summed E-state index contributed by atoms with van der Waals surface area (Å²) in [7, 11) is 0. The van der Waals surface area contributed by atoms with E-state index in [1.54, 1.807) is 0 Å². The van der Waals surface area contributed by atoms with Crippen LogP contribution in [0.1, 0.15) is 46.1 Å². The van der Waals surface area contributed by atoms with E-state index in [2.05, 4.69) is 57.3 Å². The molecule has 1 rings (SSSR count). The molecule has 1 N–H and O–H groups in total. The molecule has 0 aliphatic heterocycles. The standard InChI is InChI=1S/C17H29NO/c1-5-7-14(3)13-19-17-10-8-16(9-11-17)12-15(4)18-6-2/h8-11,14-15,18H,5-7,12-13H2,1-4H3. The fourth-order valence-corrected chi connectivity index (χ4v) is 2.31. The van der Waals surface area contributed by atoms with E-state index in [1.807, 2.05) is 0 Å². The average Bonchev–Trinajstić information content (AvgIpc) is 2.38. The van der Waals surface area contributed by atoms with Gasteiger partial charge in [-0.25, -0.2) is 0 Å². The van der Waals surface area contributed by atoms with Crippen molar-refractivity contribution in [2.24, 2.45) is 5.92 Å². The molecule has 108 valence electrons. The summed E-state index contributed by atoms with van der Waals surface area (Å²) in [5.41, 5.74) is 1.36. The van der Waals surface area contributed by atoms with Crippen molar-refractivity contribution in [2.45, 2.75) is 53.0 Å². The van der Waals surface area contributed by atoms with Crippen LogP contribution in [0.25, 0.3) is 0 Å². The Labute approximate surface area is 118 Å². The molecule has 0 bridgehead atoms. The zero-order valence-electron chi connectivity index (χ0n) is 12.9. The van der Waals surface area contributed by atoms with Gasteiger partial charge in [0, 0.05) is 6.04 Å². The molecule has 0 saturated carbocycles. The smallest absolute Gasteiger partial charge is 0.119 e. The average molecular weight is 263 g/mol. The number of nitrogens with one attached hydrogen (secondary N) is 1. The van der Waals surface area contributed by atoms with E-state index in [1.165, 1.54) is 18.4 Å². The minimum Gasteiger partial charge on any atom is -0.493 e. The molecule has 2 atom stereocenters. The van der Waals surface area contributed by atoms with Gasteiger partial charge in [-0.05, 0) is 49.9 Å². The Bertz CT molecular complexity index is 334. The number of benzene rings is 1. The van der Waals surface area contributed by atoms with Crippen molar-refractivity contribution in [2.75, 3.05) is 13.2 Å². The molecule has 2 heteroatoms. The van der Waals surface area contributed by atoms with E-state index in [9.17, 15) is 0 Å². The van der Waals surface area contributed by atoms with Crippen LogP contribution >= 0.6 is 0 Å². The number of hydrogen-bond donors (Lipinski definition) is 1. The first kappa shape index (κ1) is 16.0. The van der Waals surface area contributed by atoms with Gasteiger partial charge in [-0.15, -0.1) is 0 Å². The van der Waals surface area contributed by atoms with Gasteiger partial charge in [0.1, 0.15) is 5.75 Å². The van der Waals surface area contributed by atoms with Crippen LogP contribution in [0.4, 0.5) is 0 Å². The highest BCUT2D eigenvalue weighted by Crippen LogP contribution is 2.15. The van der Waals surface area contributed by atoms with Crippen LogP contribution < -0.4 is 10.1 Å². The molecular weight excluding hydrogens is 234 g/mol. The molecule has 0 aliphatic rings. The summed E-state index contributed by atoms with van der Waals surface area (Å²) in [6.07, 6.45) is 3.53. The fourth-order valence-electron chi connectivity index (χ4n) is 2.31. The fraction of sp³-hybridized carbons (Fsp3) is 0.647. The molecule has 19 heavy (non-hydrogen) atoms. The normalized spacial score (nSPS) is 14.1. The van der Waals surface area contributed by atoms with Crippen LogP contribution in [0.5, 0.6) is 5.75 Å². The lowest BCUT2D eigenvalue weighted by Gasteiger charge is -2.14. The largest absolute Gasteiger partial charge is 0.493 e. The minimum absolute atomic E-state index is 0.529. The van der Waals surface area contributed by atoms with E-state index in [-0.39, 0.29) is 0 Å². The van der Waals surface area contributed by atoms with Crippen molar-refractivity contribution in [1.29, 1.82) is 0 Å². The van der Waals surface area contributed by atoms with E-state index < -0.39 is 0 Å². The summed E-state index contributed by atoms with van der Waals surface area (Å²) >= 11 is 0. The zero-order chi connectivity index (χ0) is 14.1. The van der Waals surface area contributed by atoms with Gasteiger partial charge in [-0.1, -0.05) is 39.3 Å². The van der Waals surface area contributed by atoms with Crippen LogP contribution in [-0.2, 0) is 6.42 Å². The molecule has 0 heterocycles. The van der Waals surface area contributed by atoms with Crippen LogP contribution in [0.3, 0.4) is 0 Å². The maximum absolute atomic E-state index is 5.81. The Balaban J connectivity index is 2.38. The SMILES string of the molecule is CCCC(C)COc1ccc(CC(C)NCC)cc1. The summed E-state index contributed by atoms with van der Waals surface area (Å²) in [6.45, 7) is 10.7. The maximum Gasteiger partial charge on any atom is 0.119 e. The molecule has 0 amide bonds. The van der Waals surface area contributed by atoms with Crippen molar-refractivity contribution in [3.05, 3.63) is 29.8 Å². The lowest BCUT2D eigenvalue weighted by atomic mass is 10.1. The first-order valence-corrected chi connectivity index (χ1v) is 7.60. The van der Waals surface area contributed by atoms with E-state index in [0.29, 0.717) is 12.0 Å². The second-order valence-corrected chi connectivity index (χ2v) is 5.51. The van der Waals surface area contributed by atoms with Gasteiger partial charge in [0.15, 0.2) is 0 Å². The number of hydrogen-bond acceptors (Lipinski definition) is 2. The van der Waals surface area contributed by atoms with E-state index >= 15 is 0 Å². The van der Waals surface area contributed by atoms with E-state index in [0.717, 1.165) is 25.3 Å². The molecule has 2 nitrogen and oxygen atoms in total. The van der Waals surface area contributed by atoms with Crippen molar-refractivity contribution in [1.82, 2.24) is 5.32 Å². The molecule has 0 aliphatic carbocycles. The molecular formula is C17H29NO. The van der Waals surface area contributed by atoms with Crippen molar-refractivity contribution < 1.29 is 4.74 Å². The Morgan fingerprint density at radius 2 is 1.79 bits per heavy atom. The summed E-state index contributed by atoms with van der Waals surface area (Å²) in [6, 6.07) is 9.06. The number of likely N-dealkylation sites (N-methyl/N-ethyl adjacent to an activating group) is 1. The third-order valence-electron chi connectivity index (χ3n) is 3.33. The van der Waals surface area contributed by atoms with Crippen LogP contribution in [0, 0.1) is 5.92 Å². The minimum atomic E-state index is 0.529. The number of ether oxygens (including phenoxy) is 1. The second kappa shape index (κ2) is 8.98. The summed E-state index contributed by atoms with van der Waals surface area (Å²) in [5, 5.41) is 3.43. The van der Waals surface area contributed by atoms with Crippen molar-refractivity contribution >= 4 is 0 Å². The molecule has 1 aromatic carbocycles. The van der Waals surface area contributed by atoms with Crippen LogP contribution in [0.2, 0.25) is 0 Å². The highest BCUT2D eigenvalue weighted by molar-refractivity contribution is 5.27. The Morgan fingerprint density at radius 1 is 1.11 bits per heavy atom. The van der Waals surface area contributed by atoms with Crippen molar-refractivity contribution in [3.63, 3.8) is 0 Å². The Kier molecular flexibility index (Phi) is 7.57. The lowest BCUT2D eigenvalue weighted by Crippen LogP contribution is -2.27. The molecule has 1 aromatic rings. The maximum atomic E-state index is 5.81. The predicted octanol–water partition coefficient (Wildman–Crippen LogP) is 4.04. The van der Waals surface area contributed by atoms with E-state index in [4.69, 9.17) is 4.74 Å². The topological polar surface area (TPSA) is 21.3 Å². The predicted molar refractivity (Wildman–Crippen MR) is 82.9 cm³/mol. The van der Waals surface area contributed by atoms with Gasteiger partial charge in [-0.3, -0.25) is 0 Å². The molecule has 0 radical (unpaired) electrons. The van der Waals surface area contributed by atoms with Crippen LogP contribution in [0.15, 0.2) is 24.3 Å². The van der Waals surface area contributed by atoms with Gasteiger partial charge in [0.25, 0.3) is 0 Å². The molecule has 0 spiro atoms. The summed E-state index contributed by atoms with van der Waals surface area (Å²) < 4.78 is 5.81. The van der Waals surface area contributed by atoms with Crippen molar-refractivity contribution in [3.8, 4) is 5.75 Å². The molecule has 0 saturated heterocycles.